The Bertz CT molecular complexity index is 494. The molecule has 0 aromatic heterocycles. The summed E-state index contributed by atoms with van der Waals surface area (Å²) in [5.41, 5.74) is 10.7. The van der Waals surface area contributed by atoms with E-state index in [1.54, 1.807) is 0 Å². The van der Waals surface area contributed by atoms with E-state index >= 15 is 0 Å². The fraction of sp³-hybridized carbons (Fsp3) is 0.222. The fourth-order valence-electron chi connectivity index (χ4n) is 1.11. The van der Waals surface area contributed by atoms with Gasteiger partial charge >= 0.3 is 0 Å². The molecule has 0 unspecified atom stereocenters. The van der Waals surface area contributed by atoms with E-state index < -0.39 is 15.7 Å². The molecule has 6 heteroatoms. The minimum atomic E-state index is -3.33. The molecule has 0 radical (unpaired) electrons. The summed E-state index contributed by atoms with van der Waals surface area (Å²) in [6.07, 6.45) is 0. The minimum Gasteiger partial charge on any atom is -0.398 e. The third-order valence-electron chi connectivity index (χ3n) is 2.03. The molecule has 0 aliphatic carbocycles. The van der Waals surface area contributed by atoms with Crippen molar-refractivity contribution in [2.75, 3.05) is 11.5 Å². The number of carbonyl (C=O) groups excluding carboxylic acids is 1. The van der Waals surface area contributed by atoms with Gasteiger partial charge in [0, 0.05) is 5.69 Å². The van der Waals surface area contributed by atoms with Gasteiger partial charge in [0.1, 0.15) is 0 Å². The number of hydrogen-bond donors (Lipinski definition) is 2. The first kappa shape index (κ1) is 11.5. The number of rotatable bonds is 3. The number of benzene rings is 1. The molecule has 1 aromatic carbocycles. The van der Waals surface area contributed by atoms with Crippen molar-refractivity contribution in [2.24, 2.45) is 5.73 Å². The predicted molar refractivity (Wildman–Crippen MR) is 57.1 cm³/mol. The van der Waals surface area contributed by atoms with Crippen molar-refractivity contribution in [3.63, 3.8) is 0 Å². The summed E-state index contributed by atoms with van der Waals surface area (Å²) in [7, 11) is -3.33. The first-order valence-corrected chi connectivity index (χ1v) is 5.96. The zero-order valence-corrected chi connectivity index (χ0v) is 9.04. The van der Waals surface area contributed by atoms with Crippen LogP contribution in [0.25, 0.3) is 0 Å². The average molecular weight is 228 g/mol. The van der Waals surface area contributed by atoms with E-state index in [4.69, 9.17) is 11.5 Å². The molecule has 0 aliphatic rings. The van der Waals surface area contributed by atoms with Crippen LogP contribution in [0, 0.1) is 0 Å². The van der Waals surface area contributed by atoms with Crippen molar-refractivity contribution in [1.82, 2.24) is 0 Å². The summed E-state index contributed by atoms with van der Waals surface area (Å²) in [6.45, 7) is 1.52. The molecule has 0 fully saturated rings. The highest BCUT2D eigenvalue weighted by Crippen LogP contribution is 2.18. The van der Waals surface area contributed by atoms with E-state index in [2.05, 4.69) is 0 Å². The van der Waals surface area contributed by atoms with Crippen molar-refractivity contribution >= 4 is 21.4 Å². The van der Waals surface area contributed by atoms with Crippen LogP contribution in [0.15, 0.2) is 23.1 Å². The monoisotopic (exact) mass is 228 g/mol. The number of sulfone groups is 1. The molecular formula is C9H12N2O3S. The van der Waals surface area contributed by atoms with E-state index in [1.807, 2.05) is 0 Å². The first-order valence-electron chi connectivity index (χ1n) is 4.30. The van der Waals surface area contributed by atoms with Gasteiger partial charge in [0.25, 0.3) is 5.91 Å². The van der Waals surface area contributed by atoms with Crippen LogP contribution in [-0.4, -0.2) is 20.1 Å². The third kappa shape index (κ3) is 2.27. The van der Waals surface area contributed by atoms with Crippen LogP contribution in [0.5, 0.6) is 0 Å². The lowest BCUT2D eigenvalue weighted by atomic mass is 10.2. The third-order valence-corrected chi connectivity index (χ3v) is 3.76. The minimum absolute atomic E-state index is 0.0320. The Labute approximate surface area is 88.0 Å². The van der Waals surface area contributed by atoms with Gasteiger partial charge in [-0.3, -0.25) is 4.79 Å². The van der Waals surface area contributed by atoms with Crippen LogP contribution in [0.3, 0.4) is 0 Å². The molecule has 1 amide bonds. The first-order chi connectivity index (χ1) is 6.88. The van der Waals surface area contributed by atoms with Gasteiger partial charge in [0.2, 0.25) is 0 Å². The van der Waals surface area contributed by atoms with Crippen molar-refractivity contribution in [1.29, 1.82) is 0 Å². The topological polar surface area (TPSA) is 103 Å². The second kappa shape index (κ2) is 3.90. The highest BCUT2D eigenvalue weighted by molar-refractivity contribution is 7.91. The Hall–Kier alpha value is -1.56. The second-order valence-corrected chi connectivity index (χ2v) is 5.29. The molecule has 1 rings (SSSR count). The maximum atomic E-state index is 11.5. The van der Waals surface area contributed by atoms with E-state index in [0.717, 1.165) is 0 Å². The zero-order valence-electron chi connectivity index (χ0n) is 8.23. The van der Waals surface area contributed by atoms with Crippen LogP contribution in [-0.2, 0) is 9.84 Å². The van der Waals surface area contributed by atoms with Crippen LogP contribution in [0.4, 0.5) is 5.69 Å². The second-order valence-electron chi connectivity index (χ2n) is 3.02. The standard InChI is InChI=1S/C9H12N2O3S/c1-2-15(13,14)6-3-4-8(10)7(5-6)9(11)12/h3-5H,2,10H2,1H3,(H2,11,12). The van der Waals surface area contributed by atoms with Crippen molar-refractivity contribution < 1.29 is 13.2 Å². The lowest BCUT2D eigenvalue weighted by molar-refractivity contribution is 0.100. The normalized spacial score (nSPS) is 11.3. The van der Waals surface area contributed by atoms with Crippen molar-refractivity contribution in [2.45, 2.75) is 11.8 Å². The van der Waals surface area contributed by atoms with Gasteiger partial charge in [0.15, 0.2) is 9.84 Å². The summed E-state index contributed by atoms with van der Waals surface area (Å²) in [4.78, 5) is 11.0. The maximum Gasteiger partial charge on any atom is 0.250 e. The van der Waals surface area contributed by atoms with E-state index in [-0.39, 0.29) is 21.9 Å². The number of carbonyl (C=O) groups is 1. The molecule has 0 heterocycles. The number of amides is 1. The van der Waals surface area contributed by atoms with E-state index in [1.165, 1.54) is 25.1 Å². The molecule has 0 spiro atoms. The lowest BCUT2D eigenvalue weighted by Gasteiger charge is -2.05. The Morgan fingerprint density at radius 1 is 1.40 bits per heavy atom. The molecule has 15 heavy (non-hydrogen) atoms. The molecule has 4 N–H and O–H groups in total. The van der Waals surface area contributed by atoms with E-state index in [0.29, 0.717) is 0 Å². The highest BCUT2D eigenvalue weighted by atomic mass is 32.2. The van der Waals surface area contributed by atoms with Gasteiger partial charge in [0.05, 0.1) is 16.2 Å². The van der Waals surface area contributed by atoms with Gasteiger partial charge < -0.3 is 11.5 Å². The Morgan fingerprint density at radius 3 is 2.47 bits per heavy atom. The molecule has 82 valence electrons. The molecule has 0 aliphatic heterocycles. The number of nitrogen functional groups attached to an aromatic ring is 1. The number of anilines is 1. The molecule has 5 nitrogen and oxygen atoms in total. The molecule has 1 aromatic rings. The molecule has 0 atom stereocenters. The maximum absolute atomic E-state index is 11.5. The molecule has 0 saturated heterocycles. The fourth-order valence-corrected chi connectivity index (χ4v) is 2.02. The Kier molecular flexibility index (Phi) is 2.99. The largest absolute Gasteiger partial charge is 0.398 e. The predicted octanol–water partition coefficient (Wildman–Crippen LogP) is 0.161. The number of hydrogen-bond acceptors (Lipinski definition) is 4. The van der Waals surface area contributed by atoms with Crippen molar-refractivity contribution in [3.8, 4) is 0 Å². The summed E-state index contributed by atoms with van der Waals surface area (Å²) < 4.78 is 23.0. The van der Waals surface area contributed by atoms with Crippen LogP contribution in [0.1, 0.15) is 17.3 Å². The van der Waals surface area contributed by atoms with Crippen LogP contribution >= 0.6 is 0 Å². The van der Waals surface area contributed by atoms with Gasteiger partial charge in [-0.1, -0.05) is 6.92 Å². The summed E-state index contributed by atoms with van der Waals surface area (Å²) in [6, 6.07) is 3.93. The van der Waals surface area contributed by atoms with Gasteiger partial charge in [-0.2, -0.15) is 0 Å². The molecule has 0 saturated carbocycles. The van der Waals surface area contributed by atoms with E-state index in [9.17, 15) is 13.2 Å². The number of nitrogens with two attached hydrogens (primary N) is 2. The van der Waals surface area contributed by atoms with Gasteiger partial charge in [-0.05, 0) is 18.2 Å². The average Bonchev–Trinajstić information content (AvgIpc) is 2.17. The lowest BCUT2D eigenvalue weighted by Crippen LogP contribution is -2.15. The smallest absolute Gasteiger partial charge is 0.250 e. The Morgan fingerprint density at radius 2 is 2.00 bits per heavy atom. The quantitative estimate of drug-likeness (QED) is 0.719. The van der Waals surface area contributed by atoms with Crippen LogP contribution in [0.2, 0.25) is 0 Å². The molecular weight excluding hydrogens is 216 g/mol. The summed E-state index contributed by atoms with van der Waals surface area (Å²) in [5.74, 6) is -0.768. The van der Waals surface area contributed by atoms with Crippen LogP contribution < -0.4 is 11.5 Å². The number of primary amides is 1. The molecule has 0 bridgehead atoms. The van der Waals surface area contributed by atoms with Gasteiger partial charge in [-0.15, -0.1) is 0 Å². The van der Waals surface area contributed by atoms with Gasteiger partial charge in [-0.25, -0.2) is 8.42 Å². The summed E-state index contributed by atoms with van der Waals surface area (Å²) in [5, 5.41) is 0. The Balaban J connectivity index is 3.38. The summed E-state index contributed by atoms with van der Waals surface area (Å²) >= 11 is 0. The zero-order chi connectivity index (χ0) is 11.6. The SMILES string of the molecule is CCS(=O)(=O)c1ccc(N)c(C(N)=O)c1. The van der Waals surface area contributed by atoms with Crippen molar-refractivity contribution in [3.05, 3.63) is 23.8 Å². The highest BCUT2D eigenvalue weighted by Gasteiger charge is 2.15.